The first-order valence-electron chi connectivity index (χ1n) is 6.13. The lowest BCUT2D eigenvalue weighted by molar-refractivity contribution is 0.601. The summed E-state index contributed by atoms with van der Waals surface area (Å²) in [6, 6.07) is 13.9. The molecule has 0 aliphatic heterocycles. The monoisotopic (exact) mass is 402 g/mol. The van der Waals surface area contributed by atoms with Crippen LogP contribution in [0.15, 0.2) is 53.4 Å². The van der Waals surface area contributed by atoms with Crippen molar-refractivity contribution < 1.29 is 8.42 Å². The van der Waals surface area contributed by atoms with Crippen molar-refractivity contribution in [2.45, 2.75) is 11.8 Å². The minimum atomic E-state index is -3.54. The summed E-state index contributed by atoms with van der Waals surface area (Å²) in [5, 5.41) is 3.13. The van der Waals surface area contributed by atoms with Crippen LogP contribution < -0.4 is 10.0 Å². The van der Waals surface area contributed by atoms with E-state index >= 15 is 0 Å². The van der Waals surface area contributed by atoms with Crippen molar-refractivity contribution >= 4 is 44.0 Å². The van der Waals surface area contributed by atoms with Gasteiger partial charge < -0.3 is 5.32 Å². The van der Waals surface area contributed by atoms with Gasteiger partial charge in [-0.05, 0) is 72.0 Å². The second kappa shape index (κ2) is 6.45. The zero-order valence-corrected chi connectivity index (χ0v) is 13.9. The van der Waals surface area contributed by atoms with Gasteiger partial charge in [-0.15, -0.1) is 0 Å². The molecule has 2 aromatic rings. The molecule has 6 heteroatoms. The summed E-state index contributed by atoms with van der Waals surface area (Å²) in [5.41, 5.74) is 1.47. The number of anilines is 2. The topological polar surface area (TPSA) is 58.2 Å². The van der Waals surface area contributed by atoms with Crippen molar-refractivity contribution in [3.8, 4) is 0 Å². The number of hydrogen-bond acceptors (Lipinski definition) is 3. The van der Waals surface area contributed by atoms with E-state index in [1.165, 1.54) is 0 Å². The molecule has 20 heavy (non-hydrogen) atoms. The molecule has 0 heterocycles. The first kappa shape index (κ1) is 15.1. The Hall–Kier alpha value is -1.28. The normalized spacial score (nSPS) is 11.1. The molecule has 0 atom stereocenters. The minimum absolute atomic E-state index is 0.248. The number of benzene rings is 2. The van der Waals surface area contributed by atoms with Crippen molar-refractivity contribution in [3.63, 3.8) is 0 Å². The highest BCUT2D eigenvalue weighted by molar-refractivity contribution is 14.1. The van der Waals surface area contributed by atoms with Crippen molar-refractivity contribution in [1.82, 2.24) is 0 Å². The number of nitrogens with one attached hydrogen (secondary N) is 2. The largest absolute Gasteiger partial charge is 0.385 e. The molecule has 0 spiro atoms. The molecule has 0 fully saturated rings. The molecule has 4 nitrogen and oxygen atoms in total. The Morgan fingerprint density at radius 2 is 1.75 bits per heavy atom. The van der Waals surface area contributed by atoms with Gasteiger partial charge in [0.2, 0.25) is 0 Å². The highest BCUT2D eigenvalue weighted by Crippen LogP contribution is 2.19. The fourth-order valence-corrected chi connectivity index (χ4v) is 3.31. The van der Waals surface area contributed by atoms with Crippen LogP contribution in [0.5, 0.6) is 0 Å². The van der Waals surface area contributed by atoms with E-state index < -0.39 is 10.0 Å². The van der Waals surface area contributed by atoms with E-state index in [4.69, 9.17) is 0 Å². The maximum absolute atomic E-state index is 12.2. The first-order chi connectivity index (χ1) is 9.51. The molecule has 0 saturated heterocycles. The van der Waals surface area contributed by atoms with Crippen LogP contribution >= 0.6 is 22.6 Å². The molecule has 0 radical (unpaired) electrons. The lowest BCUT2D eigenvalue weighted by atomic mass is 10.3. The van der Waals surface area contributed by atoms with Crippen LogP contribution in [0.3, 0.4) is 0 Å². The predicted molar refractivity (Wildman–Crippen MR) is 90.6 cm³/mol. The van der Waals surface area contributed by atoms with E-state index in [9.17, 15) is 8.42 Å². The van der Waals surface area contributed by atoms with E-state index in [1.54, 1.807) is 36.4 Å². The van der Waals surface area contributed by atoms with E-state index in [2.05, 4.69) is 32.6 Å². The lowest BCUT2D eigenvalue weighted by Gasteiger charge is -2.09. The average Bonchev–Trinajstić information content (AvgIpc) is 2.39. The summed E-state index contributed by atoms with van der Waals surface area (Å²) in [7, 11) is -3.54. The lowest BCUT2D eigenvalue weighted by Crippen LogP contribution is -2.13. The third-order valence-corrected chi connectivity index (χ3v) is 4.69. The van der Waals surface area contributed by atoms with Gasteiger partial charge in [-0.1, -0.05) is 6.07 Å². The van der Waals surface area contributed by atoms with Gasteiger partial charge in [0.05, 0.1) is 4.90 Å². The summed E-state index contributed by atoms with van der Waals surface area (Å²) in [6.07, 6.45) is 0. The van der Waals surface area contributed by atoms with Gasteiger partial charge in [0, 0.05) is 21.5 Å². The molecule has 2 rings (SSSR count). The van der Waals surface area contributed by atoms with Gasteiger partial charge in [-0.3, -0.25) is 4.72 Å². The van der Waals surface area contributed by atoms with Crippen LogP contribution in [0.2, 0.25) is 0 Å². The molecular weight excluding hydrogens is 387 g/mol. The Kier molecular flexibility index (Phi) is 4.87. The van der Waals surface area contributed by atoms with Gasteiger partial charge in [0.15, 0.2) is 0 Å². The van der Waals surface area contributed by atoms with Crippen molar-refractivity contribution in [1.29, 1.82) is 0 Å². The van der Waals surface area contributed by atoms with Gasteiger partial charge in [0.1, 0.15) is 0 Å². The molecule has 2 aromatic carbocycles. The number of sulfonamides is 1. The zero-order valence-electron chi connectivity index (χ0n) is 10.9. The molecule has 106 valence electrons. The second-order valence-electron chi connectivity index (χ2n) is 4.17. The van der Waals surface area contributed by atoms with Gasteiger partial charge >= 0.3 is 0 Å². The van der Waals surface area contributed by atoms with E-state index in [0.29, 0.717) is 5.69 Å². The molecule has 0 amide bonds. The Balaban J connectivity index is 2.21. The Morgan fingerprint density at radius 1 is 1.05 bits per heavy atom. The summed E-state index contributed by atoms with van der Waals surface area (Å²) >= 11 is 2.14. The van der Waals surface area contributed by atoms with Crippen molar-refractivity contribution in [2.75, 3.05) is 16.6 Å². The molecule has 0 saturated carbocycles. The molecule has 0 aliphatic rings. The fourth-order valence-electron chi connectivity index (χ4n) is 1.72. The van der Waals surface area contributed by atoms with Crippen LogP contribution in [-0.2, 0) is 10.0 Å². The summed E-state index contributed by atoms with van der Waals surface area (Å²) in [4.78, 5) is 0.248. The third kappa shape index (κ3) is 3.86. The second-order valence-corrected chi connectivity index (χ2v) is 7.10. The third-order valence-electron chi connectivity index (χ3n) is 2.62. The fraction of sp³-hybridized carbons (Fsp3) is 0.143. The Bertz CT molecular complexity index is 685. The standard InChI is InChI=1S/C14H15IN2O2S/c1-2-16-12-6-8-14(9-7-12)20(18,19)17-13-5-3-4-11(15)10-13/h3-10,16-17H,2H2,1H3. The number of rotatable bonds is 5. The Labute approximate surface area is 132 Å². The van der Waals surface area contributed by atoms with Gasteiger partial charge in [-0.25, -0.2) is 8.42 Å². The summed E-state index contributed by atoms with van der Waals surface area (Å²) in [5.74, 6) is 0. The number of hydrogen-bond donors (Lipinski definition) is 2. The minimum Gasteiger partial charge on any atom is -0.385 e. The average molecular weight is 402 g/mol. The van der Waals surface area contributed by atoms with Crippen LogP contribution in [0, 0.1) is 3.57 Å². The summed E-state index contributed by atoms with van der Waals surface area (Å²) < 4.78 is 28.0. The van der Waals surface area contributed by atoms with Gasteiger partial charge in [-0.2, -0.15) is 0 Å². The van der Waals surface area contributed by atoms with E-state index in [1.807, 2.05) is 19.1 Å². The Morgan fingerprint density at radius 3 is 2.35 bits per heavy atom. The van der Waals surface area contributed by atoms with Crippen LogP contribution in [0.1, 0.15) is 6.92 Å². The smallest absolute Gasteiger partial charge is 0.261 e. The highest BCUT2D eigenvalue weighted by atomic mass is 127. The van der Waals surface area contributed by atoms with E-state index in [0.717, 1.165) is 15.8 Å². The van der Waals surface area contributed by atoms with E-state index in [-0.39, 0.29) is 4.90 Å². The first-order valence-corrected chi connectivity index (χ1v) is 8.70. The molecule has 0 aliphatic carbocycles. The molecule has 2 N–H and O–H groups in total. The molecule has 0 bridgehead atoms. The SMILES string of the molecule is CCNc1ccc(S(=O)(=O)Nc2cccc(I)c2)cc1. The quantitative estimate of drug-likeness (QED) is 0.753. The van der Waals surface area contributed by atoms with Crippen LogP contribution in [-0.4, -0.2) is 15.0 Å². The predicted octanol–water partition coefficient (Wildman–Crippen LogP) is 3.52. The van der Waals surface area contributed by atoms with Crippen LogP contribution in [0.4, 0.5) is 11.4 Å². The summed E-state index contributed by atoms with van der Waals surface area (Å²) in [6.45, 7) is 2.79. The molecule has 0 aromatic heterocycles. The van der Waals surface area contributed by atoms with Crippen molar-refractivity contribution in [3.05, 3.63) is 52.1 Å². The zero-order chi connectivity index (χ0) is 14.6. The molecular formula is C14H15IN2O2S. The maximum Gasteiger partial charge on any atom is 0.261 e. The molecule has 0 unspecified atom stereocenters. The van der Waals surface area contributed by atoms with Gasteiger partial charge in [0.25, 0.3) is 10.0 Å². The maximum atomic E-state index is 12.2. The number of halogens is 1. The highest BCUT2D eigenvalue weighted by Gasteiger charge is 2.13. The van der Waals surface area contributed by atoms with Crippen LogP contribution in [0.25, 0.3) is 0 Å². The van der Waals surface area contributed by atoms with Crippen molar-refractivity contribution in [2.24, 2.45) is 0 Å².